The van der Waals surface area contributed by atoms with E-state index >= 15 is 0 Å². The summed E-state index contributed by atoms with van der Waals surface area (Å²) in [6, 6.07) is 12.2. The van der Waals surface area contributed by atoms with E-state index in [4.69, 9.17) is 0 Å². The first kappa shape index (κ1) is 16.0. The van der Waals surface area contributed by atoms with Crippen LogP contribution in [0.3, 0.4) is 0 Å². The first-order chi connectivity index (χ1) is 10.5. The number of amides is 1. The van der Waals surface area contributed by atoms with Crippen molar-refractivity contribution in [2.45, 2.75) is 33.7 Å². The molecule has 0 saturated heterocycles. The van der Waals surface area contributed by atoms with E-state index in [1.54, 1.807) is 6.20 Å². The van der Waals surface area contributed by atoms with Gasteiger partial charge in [0.15, 0.2) is 0 Å². The zero-order chi connectivity index (χ0) is 16.1. The van der Waals surface area contributed by atoms with Gasteiger partial charge in [-0.3, -0.25) is 9.78 Å². The second kappa shape index (κ2) is 7.07. The number of aryl methyl sites for hydroxylation is 1. The molecule has 1 heterocycles. The monoisotopic (exact) mass is 297 g/mol. The molecule has 0 unspecified atom stereocenters. The molecule has 0 saturated carbocycles. The molecule has 1 aromatic carbocycles. The Morgan fingerprint density at radius 3 is 2.59 bits per heavy atom. The molecule has 0 radical (unpaired) electrons. The molecule has 0 spiro atoms. The summed E-state index contributed by atoms with van der Waals surface area (Å²) in [7, 11) is 0. The van der Waals surface area contributed by atoms with Crippen LogP contribution in [0.25, 0.3) is 0 Å². The molecule has 0 aliphatic carbocycles. The lowest BCUT2D eigenvalue weighted by molar-refractivity contribution is 0.0938. The minimum Gasteiger partial charge on any atom is -0.349 e. The highest BCUT2D eigenvalue weighted by Gasteiger charge is 2.13. The zero-order valence-corrected chi connectivity index (χ0v) is 13.6. The molecule has 1 aromatic heterocycles. The third kappa shape index (κ3) is 3.85. The molecule has 4 nitrogen and oxygen atoms in total. The normalized spacial score (nSPS) is 10.6. The fraction of sp³-hybridized carbons (Fsp3) is 0.333. The van der Waals surface area contributed by atoms with E-state index in [0.29, 0.717) is 5.69 Å². The van der Waals surface area contributed by atoms with Gasteiger partial charge >= 0.3 is 0 Å². The molecule has 0 atom stereocenters. The minimum atomic E-state index is -0.142. The number of nitrogens with zero attached hydrogens (tertiary/aromatic N) is 2. The molecule has 2 aromatic rings. The summed E-state index contributed by atoms with van der Waals surface area (Å²) in [5.41, 5.74) is 3.74. The fourth-order valence-electron chi connectivity index (χ4n) is 2.36. The van der Waals surface area contributed by atoms with Gasteiger partial charge in [0.05, 0.1) is 0 Å². The van der Waals surface area contributed by atoms with Gasteiger partial charge in [0.1, 0.15) is 5.69 Å². The predicted octanol–water partition coefficient (Wildman–Crippen LogP) is 3.69. The fourth-order valence-corrected chi connectivity index (χ4v) is 2.36. The maximum absolute atomic E-state index is 12.1. The molecule has 116 valence electrons. The Morgan fingerprint density at radius 2 is 1.95 bits per heavy atom. The van der Waals surface area contributed by atoms with E-state index in [2.05, 4.69) is 47.2 Å². The SMILES string of the molecule is CCN(c1cccc(C)c1)c1ccnc(C(=O)NC(C)C)c1. The summed E-state index contributed by atoms with van der Waals surface area (Å²) in [5, 5.41) is 2.87. The van der Waals surface area contributed by atoms with E-state index < -0.39 is 0 Å². The Morgan fingerprint density at radius 1 is 1.23 bits per heavy atom. The van der Waals surface area contributed by atoms with Crippen LogP contribution < -0.4 is 10.2 Å². The van der Waals surface area contributed by atoms with Gasteiger partial charge in [-0.2, -0.15) is 0 Å². The van der Waals surface area contributed by atoms with Crippen LogP contribution in [0.15, 0.2) is 42.6 Å². The number of aromatic nitrogens is 1. The Labute approximate surface area is 132 Å². The number of carbonyl (C=O) groups excluding carboxylic acids is 1. The number of hydrogen-bond donors (Lipinski definition) is 1. The van der Waals surface area contributed by atoms with Gasteiger partial charge in [-0.05, 0) is 57.5 Å². The average molecular weight is 297 g/mol. The molecular formula is C18H23N3O. The topological polar surface area (TPSA) is 45.2 Å². The second-order valence-corrected chi connectivity index (χ2v) is 5.61. The van der Waals surface area contributed by atoms with E-state index in [1.165, 1.54) is 5.56 Å². The van der Waals surface area contributed by atoms with Crippen molar-refractivity contribution in [3.63, 3.8) is 0 Å². The Hall–Kier alpha value is -2.36. The van der Waals surface area contributed by atoms with Crippen molar-refractivity contribution in [2.24, 2.45) is 0 Å². The molecular weight excluding hydrogens is 274 g/mol. The van der Waals surface area contributed by atoms with Crippen LogP contribution in [0.5, 0.6) is 0 Å². The van der Waals surface area contributed by atoms with E-state index in [1.807, 2.05) is 32.0 Å². The highest BCUT2D eigenvalue weighted by molar-refractivity contribution is 5.93. The number of benzene rings is 1. The van der Waals surface area contributed by atoms with E-state index in [-0.39, 0.29) is 11.9 Å². The molecule has 0 bridgehead atoms. The Balaban J connectivity index is 2.32. The van der Waals surface area contributed by atoms with Gasteiger partial charge in [0.25, 0.3) is 5.91 Å². The zero-order valence-electron chi connectivity index (χ0n) is 13.6. The lowest BCUT2D eigenvalue weighted by Crippen LogP contribution is -2.31. The number of anilines is 2. The van der Waals surface area contributed by atoms with Crippen LogP contribution in [0.4, 0.5) is 11.4 Å². The van der Waals surface area contributed by atoms with Crippen molar-refractivity contribution < 1.29 is 4.79 Å². The number of nitrogens with one attached hydrogen (secondary N) is 1. The average Bonchev–Trinajstić information content (AvgIpc) is 2.48. The van der Waals surface area contributed by atoms with Gasteiger partial charge in [0.2, 0.25) is 0 Å². The summed E-state index contributed by atoms with van der Waals surface area (Å²) >= 11 is 0. The Bertz CT molecular complexity index is 652. The maximum atomic E-state index is 12.1. The van der Waals surface area contributed by atoms with Crippen LogP contribution in [0.2, 0.25) is 0 Å². The Kier molecular flexibility index (Phi) is 5.15. The largest absolute Gasteiger partial charge is 0.349 e. The molecule has 0 aliphatic rings. The van der Waals surface area contributed by atoms with Gasteiger partial charge < -0.3 is 10.2 Å². The van der Waals surface area contributed by atoms with Crippen LogP contribution in [0, 0.1) is 6.92 Å². The lowest BCUT2D eigenvalue weighted by atomic mass is 10.2. The first-order valence-electron chi connectivity index (χ1n) is 7.62. The van der Waals surface area contributed by atoms with Gasteiger partial charge in [-0.25, -0.2) is 0 Å². The standard InChI is InChI=1S/C18H23N3O/c1-5-21(15-8-6-7-14(4)11-15)16-9-10-19-17(12-16)18(22)20-13(2)3/h6-13H,5H2,1-4H3,(H,20,22). The van der Waals surface area contributed by atoms with Crippen LogP contribution >= 0.6 is 0 Å². The highest BCUT2D eigenvalue weighted by atomic mass is 16.1. The smallest absolute Gasteiger partial charge is 0.270 e. The van der Waals surface area contributed by atoms with Crippen molar-refractivity contribution in [1.29, 1.82) is 0 Å². The molecule has 4 heteroatoms. The third-order valence-electron chi connectivity index (χ3n) is 3.34. The minimum absolute atomic E-state index is 0.0945. The molecule has 0 fully saturated rings. The summed E-state index contributed by atoms with van der Waals surface area (Å²) in [4.78, 5) is 18.5. The van der Waals surface area contributed by atoms with E-state index in [9.17, 15) is 4.79 Å². The summed E-state index contributed by atoms with van der Waals surface area (Å²) in [5.74, 6) is -0.142. The number of pyridine rings is 1. The van der Waals surface area contributed by atoms with Crippen LogP contribution in [-0.4, -0.2) is 23.5 Å². The molecule has 1 N–H and O–H groups in total. The van der Waals surface area contributed by atoms with E-state index in [0.717, 1.165) is 17.9 Å². The number of rotatable bonds is 5. The van der Waals surface area contributed by atoms with Crippen molar-refractivity contribution in [3.05, 3.63) is 53.9 Å². The predicted molar refractivity (Wildman–Crippen MR) is 90.7 cm³/mol. The molecule has 22 heavy (non-hydrogen) atoms. The quantitative estimate of drug-likeness (QED) is 0.915. The second-order valence-electron chi connectivity index (χ2n) is 5.61. The third-order valence-corrected chi connectivity index (χ3v) is 3.34. The van der Waals surface area contributed by atoms with Gasteiger partial charge in [-0.1, -0.05) is 12.1 Å². The van der Waals surface area contributed by atoms with Crippen LogP contribution in [0.1, 0.15) is 36.8 Å². The molecule has 1 amide bonds. The van der Waals surface area contributed by atoms with Crippen LogP contribution in [-0.2, 0) is 0 Å². The number of carbonyl (C=O) groups is 1. The maximum Gasteiger partial charge on any atom is 0.270 e. The molecule has 0 aliphatic heterocycles. The summed E-state index contributed by atoms with van der Waals surface area (Å²) < 4.78 is 0. The van der Waals surface area contributed by atoms with Gasteiger partial charge in [-0.15, -0.1) is 0 Å². The van der Waals surface area contributed by atoms with Crippen molar-refractivity contribution in [1.82, 2.24) is 10.3 Å². The highest BCUT2D eigenvalue weighted by Crippen LogP contribution is 2.25. The number of hydrogen-bond acceptors (Lipinski definition) is 3. The molecule has 2 rings (SSSR count). The summed E-state index contributed by atoms with van der Waals surface area (Å²) in [6.45, 7) is 8.86. The summed E-state index contributed by atoms with van der Waals surface area (Å²) in [6.07, 6.45) is 1.68. The van der Waals surface area contributed by atoms with Crippen molar-refractivity contribution >= 4 is 17.3 Å². The van der Waals surface area contributed by atoms with Crippen molar-refractivity contribution in [2.75, 3.05) is 11.4 Å². The lowest BCUT2D eigenvalue weighted by Gasteiger charge is -2.24. The van der Waals surface area contributed by atoms with Crippen molar-refractivity contribution in [3.8, 4) is 0 Å². The first-order valence-corrected chi connectivity index (χ1v) is 7.62. The van der Waals surface area contributed by atoms with Gasteiger partial charge in [0, 0.05) is 30.2 Å².